The third-order valence-corrected chi connectivity index (χ3v) is 3.94. The van der Waals surface area contributed by atoms with Crippen molar-refractivity contribution < 1.29 is 9.84 Å². The van der Waals surface area contributed by atoms with E-state index in [2.05, 4.69) is 18.1 Å². The fourth-order valence-electron chi connectivity index (χ4n) is 2.70. The number of aliphatic hydroxyl groups excluding tert-OH is 1. The first-order chi connectivity index (χ1) is 9.67. The average Bonchev–Trinajstić information content (AvgIpc) is 3.00. The quantitative estimate of drug-likeness (QED) is 0.930. The lowest BCUT2D eigenvalue weighted by Gasteiger charge is -2.09. The zero-order chi connectivity index (χ0) is 14.1. The van der Waals surface area contributed by atoms with Crippen LogP contribution >= 0.6 is 0 Å². The zero-order valence-corrected chi connectivity index (χ0v) is 12.0. The monoisotopic (exact) mass is 272 g/mol. The largest absolute Gasteiger partial charge is 0.487 e. The summed E-state index contributed by atoms with van der Waals surface area (Å²) in [6.07, 6.45) is 2.38. The van der Waals surface area contributed by atoms with Gasteiger partial charge < -0.3 is 9.84 Å². The molecule has 0 saturated carbocycles. The third kappa shape index (κ3) is 2.43. The van der Waals surface area contributed by atoms with Gasteiger partial charge in [0.1, 0.15) is 12.4 Å². The number of hydrogen-bond donors (Lipinski definition) is 1. The number of nitrogens with zero attached hydrogens (tertiary/aromatic N) is 2. The molecular formula is C16H20N2O2. The number of ether oxygens (including phenoxy) is 1. The number of hydrogen-bond acceptors (Lipinski definition) is 3. The topological polar surface area (TPSA) is 47.3 Å². The van der Waals surface area contributed by atoms with E-state index >= 15 is 0 Å². The summed E-state index contributed by atoms with van der Waals surface area (Å²) < 4.78 is 7.72. The minimum atomic E-state index is -0.303. The molecule has 4 nitrogen and oxygen atoms in total. The van der Waals surface area contributed by atoms with Crippen molar-refractivity contribution in [1.29, 1.82) is 0 Å². The molecule has 0 spiro atoms. The minimum Gasteiger partial charge on any atom is -0.487 e. The van der Waals surface area contributed by atoms with Crippen molar-refractivity contribution in [2.45, 2.75) is 38.9 Å². The number of benzene rings is 1. The molecule has 0 amide bonds. The Balaban J connectivity index is 1.71. The predicted molar refractivity (Wildman–Crippen MR) is 76.6 cm³/mol. The molecule has 3 rings (SSSR count). The van der Waals surface area contributed by atoms with E-state index in [4.69, 9.17) is 4.74 Å². The molecule has 0 aliphatic heterocycles. The summed E-state index contributed by atoms with van der Waals surface area (Å²) in [6.45, 7) is 2.61. The fourth-order valence-corrected chi connectivity index (χ4v) is 2.70. The van der Waals surface area contributed by atoms with E-state index in [9.17, 15) is 5.11 Å². The summed E-state index contributed by atoms with van der Waals surface area (Å²) in [6, 6.07) is 8.04. The van der Waals surface area contributed by atoms with Gasteiger partial charge in [0.15, 0.2) is 0 Å². The van der Waals surface area contributed by atoms with Crippen LogP contribution in [0.25, 0.3) is 0 Å². The second-order valence-corrected chi connectivity index (χ2v) is 5.31. The standard InChI is InChI=1S/C16H20N2O2/c1-3-12-9-13(18(2)17-12)10-20-14-5-6-15-11(8-14)4-7-16(15)19/h5-6,8-9,16,19H,3-4,7,10H2,1-2H3. The van der Waals surface area contributed by atoms with Crippen molar-refractivity contribution in [2.75, 3.05) is 0 Å². The first-order valence-corrected chi connectivity index (χ1v) is 7.13. The molecule has 1 aromatic heterocycles. The molecule has 106 valence electrons. The molecule has 20 heavy (non-hydrogen) atoms. The predicted octanol–water partition coefficient (Wildman–Crippen LogP) is 2.54. The van der Waals surface area contributed by atoms with E-state index < -0.39 is 0 Å². The van der Waals surface area contributed by atoms with Crippen molar-refractivity contribution in [1.82, 2.24) is 9.78 Å². The van der Waals surface area contributed by atoms with Crippen LogP contribution in [0.4, 0.5) is 0 Å². The Morgan fingerprint density at radius 3 is 3.00 bits per heavy atom. The van der Waals surface area contributed by atoms with Crippen LogP contribution < -0.4 is 4.74 Å². The summed E-state index contributed by atoms with van der Waals surface area (Å²) in [5.41, 5.74) is 4.41. The van der Waals surface area contributed by atoms with E-state index in [0.717, 1.165) is 42.0 Å². The van der Waals surface area contributed by atoms with Gasteiger partial charge in [-0.25, -0.2) is 0 Å². The van der Waals surface area contributed by atoms with E-state index in [1.54, 1.807) is 0 Å². The summed E-state index contributed by atoms with van der Waals surface area (Å²) >= 11 is 0. The lowest BCUT2D eigenvalue weighted by molar-refractivity contribution is 0.180. The molecule has 0 radical (unpaired) electrons. The highest BCUT2D eigenvalue weighted by molar-refractivity contribution is 5.39. The Morgan fingerprint density at radius 1 is 1.40 bits per heavy atom. The minimum absolute atomic E-state index is 0.303. The van der Waals surface area contributed by atoms with Gasteiger partial charge in [-0.1, -0.05) is 13.0 Å². The van der Waals surface area contributed by atoms with Crippen LogP contribution in [-0.2, 0) is 26.5 Å². The Hall–Kier alpha value is -1.81. The highest BCUT2D eigenvalue weighted by Crippen LogP contribution is 2.33. The molecular weight excluding hydrogens is 252 g/mol. The molecule has 1 aliphatic carbocycles. The number of fused-ring (bicyclic) bond motifs is 1. The van der Waals surface area contributed by atoms with Gasteiger partial charge >= 0.3 is 0 Å². The summed E-state index contributed by atoms with van der Waals surface area (Å²) in [7, 11) is 1.94. The molecule has 1 unspecified atom stereocenters. The van der Waals surface area contributed by atoms with Crippen LogP contribution in [-0.4, -0.2) is 14.9 Å². The molecule has 4 heteroatoms. The van der Waals surface area contributed by atoms with Crippen LogP contribution in [0.3, 0.4) is 0 Å². The molecule has 1 heterocycles. The second kappa shape index (κ2) is 5.29. The van der Waals surface area contributed by atoms with Crippen LogP contribution in [0, 0.1) is 0 Å². The maximum absolute atomic E-state index is 9.79. The fraction of sp³-hybridized carbons (Fsp3) is 0.438. The average molecular weight is 272 g/mol. The number of aliphatic hydroxyl groups is 1. The van der Waals surface area contributed by atoms with E-state index in [0.29, 0.717) is 6.61 Å². The van der Waals surface area contributed by atoms with Gasteiger partial charge in [-0.3, -0.25) is 4.68 Å². The molecule has 1 aromatic carbocycles. The summed E-state index contributed by atoms with van der Waals surface area (Å²) in [4.78, 5) is 0. The second-order valence-electron chi connectivity index (χ2n) is 5.31. The van der Waals surface area contributed by atoms with Gasteiger partial charge in [-0.15, -0.1) is 0 Å². The van der Waals surface area contributed by atoms with Crippen molar-refractivity contribution >= 4 is 0 Å². The van der Waals surface area contributed by atoms with Crippen molar-refractivity contribution in [3.63, 3.8) is 0 Å². The molecule has 1 atom stereocenters. The van der Waals surface area contributed by atoms with Gasteiger partial charge in [-0.2, -0.15) is 5.10 Å². The Labute approximate surface area is 119 Å². The molecule has 0 bridgehead atoms. The number of aryl methyl sites for hydroxylation is 3. The first-order valence-electron chi connectivity index (χ1n) is 7.13. The molecule has 0 fully saturated rings. The Bertz CT molecular complexity index is 619. The van der Waals surface area contributed by atoms with Crippen LogP contribution in [0.1, 0.15) is 42.0 Å². The molecule has 2 aromatic rings. The maximum atomic E-state index is 9.79. The van der Waals surface area contributed by atoms with E-state index in [1.165, 1.54) is 5.56 Å². The maximum Gasteiger partial charge on any atom is 0.130 e. The smallest absolute Gasteiger partial charge is 0.130 e. The summed E-state index contributed by atoms with van der Waals surface area (Å²) in [5.74, 6) is 0.858. The summed E-state index contributed by atoms with van der Waals surface area (Å²) in [5, 5.41) is 14.2. The first kappa shape index (κ1) is 13.2. The Kier molecular flexibility index (Phi) is 3.49. The van der Waals surface area contributed by atoms with Crippen molar-refractivity contribution in [3.05, 3.63) is 46.8 Å². The normalized spacial score (nSPS) is 17.2. The molecule has 0 saturated heterocycles. The highest BCUT2D eigenvalue weighted by Gasteiger charge is 2.20. The SMILES string of the molecule is CCc1cc(COc2ccc3c(c2)CCC3O)n(C)n1. The highest BCUT2D eigenvalue weighted by atomic mass is 16.5. The lowest BCUT2D eigenvalue weighted by Crippen LogP contribution is -2.03. The van der Waals surface area contributed by atoms with E-state index in [1.807, 2.05) is 29.9 Å². The molecule has 1 N–H and O–H groups in total. The van der Waals surface area contributed by atoms with Crippen LogP contribution in [0.5, 0.6) is 5.75 Å². The number of aromatic nitrogens is 2. The number of rotatable bonds is 4. The van der Waals surface area contributed by atoms with Gasteiger partial charge in [-0.05, 0) is 48.6 Å². The molecule has 1 aliphatic rings. The van der Waals surface area contributed by atoms with Crippen LogP contribution in [0.15, 0.2) is 24.3 Å². The van der Waals surface area contributed by atoms with E-state index in [-0.39, 0.29) is 6.10 Å². The third-order valence-electron chi connectivity index (χ3n) is 3.94. The Morgan fingerprint density at radius 2 is 2.25 bits per heavy atom. The van der Waals surface area contributed by atoms with Gasteiger partial charge in [0.2, 0.25) is 0 Å². The van der Waals surface area contributed by atoms with Crippen molar-refractivity contribution in [3.8, 4) is 5.75 Å². The van der Waals surface area contributed by atoms with Gasteiger partial charge in [0.05, 0.1) is 17.5 Å². The lowest BCUT2D eigenvalue weighted by atomic mass is 10.1. The van der Waals surface area contributed by atoms with Crippen LogP contribution in [0.2, 0.25) is 0 Å². The zero-order valence-electron chi connectivity index (χ0n) is 12.0. The van der Waals surface area contributed by atoms with Gasteiger partial charge in [0.25, 0.3) is 0 Å². The van der Waals surface area contributed by atoms with Gasteiger partial charge in [0, 0.05) is 7.05 Å². The van der Waals surface area contributed by atoms with Crippen molar-refractivity contribution in [2.24, 2.45) is 7.05 Å².